The Morgan fingerprint density at radius 2 is 1.86 bits per heavy atom. The number of piperazine rings is 1. The first kappa shape index (κ1) is 28.3. The summed E-state index contributed by atoms with van der Waals surface area (Å²) in [5, 5.41) is 35.7. The number of benzene rings is 2. The molecular formula is C27H31N13O2. The van der Waals surface area contributed by atoms with E-state index in [9.17, 15) is 4.79 Å². The molecule has 2 aromatic heterocycles. The number of nitrogens with one attached hydrogen (secondary N) is 5. The van der Waals surface area contributed by atoms with Crippen LogP contribution < -0.4 is 21.3 Å². The molecule has 0 bridgehead atoms. The Kier molecular flexibility index (Phi) is 9.39. The molecule has 1 fully saturated rings. The number of nitrogens with zero attached hydrogens (tertiary/aromatic N) is 8. The Bertz CT molecular complexity index is 1500. The second-order valence-electron chi connectivity index (χ2n) is 9.57. The van der Waals surface area contributed by atoms with Gasteiger partial charge in [-0.3, -0.25) is 4.90 Å². The van der Waals surface area contributed by atoms with Crippen LogP contribution in [0, 0.1) is 11.3 Å². The van der Waals surface area contributed by atoms with Gasteiger partial charge in [0.2, 0.25) is 17.8 Å². The maximum Gasteiger partial charge on any atom is 0.328 e. The number of aromatic amines is 1. The lowest BCUT2D eigenvalue weighted by Crippen LogP contribution is -2.42. The number of rotatable bonds is 12. The fourth-order valence-corrected chi connectivity index (χ4v) is 4.44. The number of nitriles is 1. The molecule has 0 amide bonds. The molecule has 1 aliphatic heterocycles. The number of methoxy groups -OCH3 is 1. The summed E-state index contributed by atoms with van der Waals surface area (Å²) in [6.07, 6.45) is 0.284. The third-order valence-electron chi connectivity index (χ3n) is 6.54. The molecule has 0 saturated carbocycles. The van der Waals surface area contributed by atoms with Gasteiger partial charge >= 0.3 is 5.97 Å². The minimum atomic E-state index is -0.800. The van der Waals surface area contributed by atoms with Gasteiger partial charge in [-0.1, -0.05) is 29.5 Å². The van der Waals surface area contributed by atoms with Crippen molar-refractivity contribution in [2.45, 2.75) is 25.6 Å². The van der Waals surface area contributed by atoms with Gasteiger partial charge in [-0.25, -0.2) is 4.79 Å². The van der Waals surface area contributed by atoms with E-state index >= 15 is 0 Å². The van der Waals surface area contributed by atoms with Crippen molar-refractivity contribution in [3.8, 4) is 6.07 Å². The van der Waals surface area contributed by atoms with E-state index in [1.54, 1.807) is 24.3 Å². The van der Waals surface area contributed by atoms with Crippen LogP contribution in [0.1, 0.15) is 22.5 Å². The predicted octanol–water partition coefficient (Wildman–Crippen LogP) is 1.21. The first-order valence-electron chi connectivity index (χ1n) is 13.4. The van der Waals surface area contributed by atoms with Gasteiger partial charge in [0, 0.05) is 44.8 Å². The minimum absolute atomic E-state index is 0.157. The van der Waals surface area contributed by atoms with Crippen LogP contribution >= 0.6 is 0 Å². The smallest absolute Gasteiger partial charge is 0.328 e. The third kappa shape index (κ3) is 7.93. The molecule has 42 heavy (non-hydrogen) atoms. The largest absolute Gasteiger partial charge is 0.467 e. The zero-order valence-corrected chi connectivity index (χ0v) is 23.0. The van der Waals surface area contributed by atoms with Gasteiger partial charge in [-0.05, 0) is 35.4 Å². The number of carbonyl (C=O) groups excluding carboxylic acids is 1. The molecule has 0 unspecified atom stereocenters. The second-order valence-corrected chi connectivity index (χ2v) is 9.57. The Labute approximate surface area is 242 Å². The molecule has 1 saturated heterocycles. The van der Waals surface area contributed by atoms with Crippen molar-refractivity contribution in [1.82, 2.24) is 45.8 Å². The van der Waals surface area contributed by atoms with Crippen molar-refractivity contribution in [3.63, 3.8) is 0 Å². The fraction of sp³-hybridized carbons (Fsp3) is 0.333. The number of esters is 1. The molecule has 1 atom stereocenters. The lowest BCUT2D eigenvalue weighted by molar-refractivity contribution is -0.141. The van der Waals surface area contributed by atoms with Gasteiger partial charge in [0.05, 0.1) is 25.3 Å². The lowest BCUT2D eigenvalue weighted by Gasteiger charge is -2.27. The number of tetrazole rings is 1. The van der Waals surface area contributed by atoms with E-state index in [1.807, 2.05) is 12.1 Å². The molecule has 5 rings (SSSR count). The summed E-state index contributed by atoms with van der Waals surface area (Å²) in [4.78, 5) is 28.6. The van der Waals surface area contributed by atoms with Crippen molar-refractivity contribution in [1.29, 1.82) is 5.26 Å². The van der Waals surface area contributed by atoms with E-state index in [0.717, 1.165) is 49.5 Å². The molecule has 0 aliphatic carbocycles. The summed E-state index contributed by atoms with van der Waals surface area (Å²) >= 11 is 0. The molecule has 1 aliphatic rings. The summed E-state index contributed by atoms with van der Waals surface area (Å²) in [5.41, 5.74) is 3.34. The van der Waals surface area contributed by atoms with Gasteiger partial charge in [-0.2, -0.15) is 25.4 Å². The second kappa shape index (κ2) is 13.9. The highest BCUT2D eigenvalue weighted by Crippen LogP contribution is 2.20. The number of carbonyl (C=O) groups is 1. The van der Waals surface area contributed by atoms with Crippen LogP contribution in [-0.2, 0) is 29.0 Å². The molecule has 15 nitrogen and oxygen atoms in total. The average Bonchev–Trinajstić information content (AvgIpc) is 3.54. The van der Waals surface area contributed by atoms with Crippen molar-refractivity contribution in [2.24, 2.45) is 0 Å². The molecular weight excluding hydrogens is 538 g/mol. The van der Waals surface area contributed by atoms with Crippen LogP contribution in [0.3, 0.4) is 0 Å². The molecule has 2 aromatic carbocycles. The van der Waals surface area contributed by atoms with E-state index in [4.69, 9.17) is 10.00 Å². The Balaban J connectivity index is 1.37. The fourth-order valence-electron chi connectivity index (χ4n) is 4.44. The van der Waals surface area contributed by atoms with Crippen LogP contribution in [0.5, 0.6) is 0 Å². The highest BCUT2D eigenvalue weighted by atomic mass is 16.5. The first-order chi connectivity index (χ1) is 20.6. The van der Waals surface area contributed by atoms with Crippen LogP contribution in [0.4, 0.5) is 23.5 Å². The zero-order chi connectivity index (χ0) is 29.1. The number of hydrogen-bond acceptors (Lipinski definition) is 14. The number of hydrogen-bond donors (Lipinski definition) is 5. The Hall–Kier alpha value is -5.20. The van der Waals surface area contributed by atoms with E-state index in [2.05, 4.69) is 79.9 Å². The molecule has 5 N–H and O–H groups in total. The van der Waals surface area contributed by atoms with E-state index < -0.39 is 12.0 Å². The molecule has 0 radical (unpaired) electrons. The molecule has 3 heterocycles. The molecule has 0 spiro atoms. The van der Waals surface area contributed by atoms with Crippen LogP contribution in [0.25, 0.3) is 0 Å². The third-order valence-corrected chi connectivity index (χ3v) is 6.54. The summed E-state index contributed by atoms with van der Waals surface area (Å²) in [6.45, 7) is 5.02. The molecule has 216 valence electrons. The van der Waals surface area contributed by atoms with E-state index in [-0.39, 0.29) is 30.8 Å². The number of H-pyrrole nitrogens is 1. The maximum atomic E-state index is 12.7. The van der Waals surface area contributed by atoms with E-state index in [0.29, 0.717) is 11.4 Å². The van der Waals surface area contributed by atoms with Crippen LogP contribution in [-0.4, -0.2) is 85.8 Å². The number of anilines is 4. The standard InChI is InChI=1S/C27H31N13O2/c1-42-24(41)22(14-18-5-7-19(15-28)8-6-18)32-27-34-25(30-16-23-36-38-39-37-23)33-26(35-27)31-21-4-2-3-20(13-21)17-40-11-9-29-10-12-40/h2-8,13,22,29H,9-12,14,16-17H2,1H3,(H,36,37,38,39)(H3,30,31,32,33,34,35)/t22-/m0/s1. The van der Waals surface area contributed by atoms with Crippen molar-refractivity contribution in [3.05, 3.63) is 71.0 Å². The quantitative estimate of drug-likeness (QED) is 0.153. The number of ether oxygens (including phenoxy) is 1. The minimum Gasteiger partial charge on any atom is -0.467 e. The first-order valence-corrected chi connectivity index (χ1v) is 13.4. The molecule has 15 heteroatoms. The highest BCUT2D eigenvalue weighted by molar-refractivity contribution is 5.79. The summed E-state index contributed by atoms with van der Waals surface area (Å²) in [6, 6.07) is 16.4. The van der Waals surface area contributed by atoms with Crippen LogP contribution in [0.2, 0.25) is 0 Å². The summed E-state index contributed by atoms with van der Waals surface area (Å²) in [7, 11) is 1.32. The summed E-state index contributed by atoms with van der Waals surface area (Å²) in [5.74, 6) is 0.594. The highest BCUT2D eigenvalue weighted by Gasteiger charge is 2.22. The van der Waals surface area contributed by atoms with Gasteiger partial charge in [0.1, 0.15) is 6.04 Å². The zero-order valence-electron chi connectivity index (χ0n) is 23.0. The Morgan fingerprint density at radius 3 is 2.60 bits per heavy atom. The SMILES string of the molecule is COC(=O)[C@H](Cc1ccc(C#N)cc1)Nc1nc(NCc2nn[nH]n2)nc(Nc2cccc(CN3CCNCC3)c2)n1. The van der Waals surface area contributed by atoms with Gasteiger partial charge in [0.25, 0.3) is 0 Å². The van der Waals surface area contributed by atoms with Crippen molar-refractivity contribution in [2.75, 3.05) is 49.2 Å². The van der Waals surface area contributed by atoms with E-state index in [1.165, 1.54) is 7.11 Å². The summed E-state index contributed by atoms with van der Waals surface area (Å²) < 4.78 is 5.04. The monoisotopic (exact) mass is 569 g/mol. The topological polar surface area (TPSA) is 195 Å². The predicted molar refractivity (Wildman–Crippen MR) is 153 cm³/mol. The Morgan fingerprint density at radius 1 is 1.07 bits per heavy atom. The van der Waals surface area contributed by atoms with Crippen molar-refractivity contribution >= 4 is 29.5 Å². The van der Waals surface area contributed by atoms with Gasteiger partial charge < -0.3 is 26.0 Å². The molecule has 4 aromatic rings. The lowest BCUT2D eigenvalue weighted by atomic mass is 10.0. The average molecular weight is 570 g/mol. The van der Waals surface area contributed by atoms with Crippen LogP contribution in [0.15, 0.2) is 48.5 Å². The van der Waals surface area contributed by atoms with Crippen molar-refractivity contribution < 1.29 is 9.53 Å². The number of aromatic nitrogens is 7. The maximum absolute atomic E-state index is 12.7. The van der Waals surface area contributed by atoms with Gasteiger partial charge in [0.15, 0.2) is 5.82 Å². The van der Waals surface area contributed by atoms with Gasteiger partial charge in [-0.15, -0.1) is 10.2 Å². The normalized spacial score (nSPS) is 14.0.